The fourth-order valence-corrected chi connectivity index (χ4v) is 2.48. The van der Waals surface area contributed by atoms with Crippen LogP contribution in [0, 0.1) is 6.92 Å². The van der Waals surface area contributed by atoms with Gasteiger partial charge in [0.1, 0.15) is 5.82 Å². The van der Waals surface area contributed by atoms with E-state index in [4.69, 9.17) is 5.73 Å². The second kappa shape index (κ2) is 4.87. The molecule has 0 atom stereocenters. The summed E-state index contributed by atoms with van der Waals surface area (Å²) in [6.07, 6.45) is 5.49. The molecular formula is C12H20N4O. The Morgan fingerprint density at radius 3 is 2.65 bits per heavy atom. The monoisotopic (exact) mass is 236 g/mol. The standard InChI is InChI=1S/C12H20N4O/c1-9-7-10(15-11(13)14-9)16-12(8-17)5-3-2-4-6-12/h7,17H,2-6,8H2,1H3,(H3,13,14,15,16). The number of nitrogens with one attached hydrogen (secondary N) is 1. The first-order chi connectivity index (χ1) is 8.13. The van der Waals surface area contributed by atoms with Crippen molar-refractivity contribution in [1.82, 2.24) is 9.97 Å². The first-order valence-electron chi connectivity index (χ1n) is 6.14. The van der Waals surface area contributed by atoms with Gasteiger partial charge in [-0.15, -0.1) is 0 Å². The molecule has 5 heteroatoms. The van der Waals surface area contributed by atoms with Gasteiger partial charge in [0.2, 0.25) is 5.95 Å². The first kappa shape index (κ1) is 12.1. The molecule has 0 spiro atoms. The van der Waals surface area contributed by atoms with Crippen molar-refractivity contribution in [3.8, 4) is 0 Å². The van der Waals surface area contributed by atoms with Crippen LogP contribution < -0.4 is 11.1 Å². The summed E-state index contributed by atoms with van der Waals surface area (Å²) >= 11 is 0. The number of aliphatic hydroxyl groups excluding tert-OH is 1. The van der Waals surface area contributed by atoms with Crippen molar-refractivity contribution in [1.29, 1.82) is 0 Å². The lowest BCUT2D eigenvalue weighted by atomic mass is 9.82. The van der Waals surface area contributed by atoms with Gasteiger partial charge in [-0.25, -0.2) is 4.98 Å². The van der Waals surface area contributed by atoms with Crippen molar-refractivity contribution >= 4 is 11.8 Å². The fourth-order valence-electron chi connectivity index (χ4n) is 2.48. The molecule has 94 valence electrons. The Morgan fingerprint density at radius 2 is 2.06 bits per heavy atom. The summed E-state index contributed by atoms with van der Waals surface area (Å²) in [4.78, 5) is 8.21. The molecule has 0 aromatic carbocycles. The van der Waals surface area contributed by atoms with Crippen molar-refractivity contribution in [3.05, 3.63) is 11.8 Å². The molecule has 0 radical (unpaired) electrons. The second-order valence-electron chi connectivity index (χ2n) is 4.88. The smallest absolute Gasteiger partial charge is 0.222 e. The van der Waals surface area contributed by atoms with Crippen LogP contribution in [0.25, 0.3) is 0 Å². The van der Waals surface area contributed by atoms with E-state index in [2.05, 4.69) is 15.3 Å². The largest absolute Gasteiger partial charge is 0.394 e. The van der Waals surface area contributed by atoms with E-state index in [0.717, 1.165) is 31.4 Å². The van der Waals surface area contributed by atoms with Gasteiger partial charge >= 0.3 is 0 Å². The van der Waals surface area contributed by atoms with Gasteiger partial charge in [-0.2, -0.15) is 4.98 Å². The molecule has 2 rings (SSSR count). The van der Waals surface area contributed by atoms with Crippen LogP contribution >= 0.6 is 0 Å². The summed E-state index contributed by atoms with van der Waals surface area (Å²) in [7, 11) is 0. The van der Waals surface area contributed by atoms with E-state index < -0.39 is 0 Å². The average molecular weight is 236 g/mol. The zero-order valence-corrected chi connectivity index (χ0v) is 10.2. The lowest BCUT2D eigenvalue weighted by Gasteiger charge is -2.37. The van der Waals surface area contributed by atoms with Gasteiger partial charge in [-0.05, 0) is 19.8 Å². The molecule has 17 heavy (non-hydrogen) atoms. The molecule has 0 bridgehead atoms. The van der Waals surface area contributed by atoms with Crippen LogP contribution in [0.3, 0.4) is 0 Å². The molecule has 1 saturated carbocycles. The number of hydrogen-bond acceptors (Lipinski definition) is 5. The molecule has 1 aromatic heterocycles. The van der Waals surface area contributed by atoms with E-state index in [1.807, 2.05) is 13.0 Å². The van der Waals surface area contributed by atoms with Crippen LogP contribution in [0.1, 0.15) is 37.8 Å². The van der Waals surface area contributed by atoms with E-state index in [0.29, 0.717) is 5.82 Å². The van der Waals surface area contributed by atoms with Crippen LogP contribution in [-0.4, -0.2) is 27.2 Å². The normalized spacial score (nSPS) is 18.9. The molecule has 1 aromatic rings. The molecule has 0 unspecified atom stereocenters. The molecule has 1 aliphatic carbocycles. The minimum absolute atomic E-state index is 0.135. The van der Waals surface area contributed by atoms with Crippen molar-refractivity contribution in [3.63, 3.8) is 0 Å². The average Bonchev–Trinajstić information content (AvgIpc) is 2.29. The molecule has 1 fully saturated rings. The van der Waals surface area contributed by atoms with Gasteiger partial charge in [0.25, 0.3) is 0 Å². The number of anilines is 2. The number of rotatable bonds is 3. The molecule has 1 aliphatic rings. The van der Waals surface area contributed by atoms with Crippen LogP contribution in [0.5, 0.6) is 0 Å². The minimum Gasteiger partial charge on any atom is -0.394 e. The highest BCUT2D eigenvalue weighted by molar-refractivity contribution is 5.42. The highest BCUT2D eigenvalue weighted by Gasteiger charge is 2.31. The van der Waals surface area contributed by atoms with Gasteiger partial charge in [0, 0.05) is 11.8 Å². The number of aromatic nitrogens is 2. The summed E-state index contributed by atoms with van der Waals surface area (Å²) in [5.41, 5.74) is 6.23. The topological polar surface area (TPSA) is 84.1 Å². The van der Waals surface area contributed by atoms with Crippen LogP contribution in [-0.2, 0) is 0 Å². The highest BCUT2D eigenvalue weighted by atomic mass is 16.3. The number of nitrogens with zero attached hydrogens (tertiary/aromatic N) is 2. The Labute approximate surface area is 101 Å². The maximum absolute atomic E-state index is 9.60. The van der Waals surface area contributed by atoms with Gasteiger partial charge in [0.05, 0.1) is 12.1 Å². The predicted molar refractivity (Wildman–Crippen MR) is 67.7 cm³/mol. The second-order valence-corrected chi connectivity index (χ2v) is 4.88. The Morgan fingerprint density at radius 1 is 1.35 bits per heavy atom. The van der Waals surface area contributed by atoms with Crippen LogP contribution in [0.2, 0.25) is 0 Å². The molecular weight excluding hydrogens is 216 g/mol. The third kappa shape index (κ3) is 2.85. The van der Waals surface area contributed by atoms with Gasteiger partial charge < -0.3 is 16.2 Å². The van der Waals surface area contributed by atoms with Gasteiger partial charge in [0.15, 0.2) is 0 Å². The first-order valence-corrected chi connectivity index (χ1v) is 6.14. The maximum Gasteiger partial charge on any atom is 0.222 e. The highest BCUT2D eigenvalue weighted by Crippen LogP contribution is 2.31. The quantitative estimate of drug-likeness (QED) is 0.740. The Bertz CT molecular complexity index is 368. The van der Waals surface area contributed by atoms with E-state index in [1.54, 1.807) is 0 Å². The zero-order chi connectivity index (χ0) is 12.3. The van der Waals surface area contributed by atoms with Crippen molar-refractivity contribution < 1.29 is 5.11 Å². The lowest BCUT2D eigenvalue weighted by molar-refractivity contribution is 0.172. The summed E-state index contributed by atoms with van der Waals surface area (Å²) in [5, 5.41) is 12.9. The maximum atomic E-state index is 9.60. The van der Waals surface area contributed by atoms with Crippen LogP contribution in [0.15, 0.2) is 6.07 Å². The summed E-state index contributed by atoms with van der Waals surface area (Å²) in [5.74, 6) is 0.988. The third-order valence-electron chi connectivity index (χ3n) is 3.38. The molecule has 4 N–H and O–H groups in total. The Kier molecular flexibility index (Phi) is 3.47. The van der Waals surface area contributed by atoms with Crippen LogP contribution in [0.4, 0.5) is 11.8 Å². The van der Waals surface area contributed by atoms with E-state index in [-0.39, 0.29) is 18.1 Å². The van der Waals surface area contributed by atoms with Gasteiger partial charge in [-0.3, -0.25) is 0 Å². The molecule has 5 nitrogen and oxygen atoms in total. The number of hydrogen-bond donors (Lipinski definition) is 3. The summed E-state index contributed by atoms with van der Waals surface area (Å²) in [6.45, 7) is 2.02. The number of aryl methyl sites for hydroxylation is 1. The number of aliphatic hydroxyl groups is 1. The molecule has 0 saturated heterocycles. The summed E-state index contributed by atoms with van der Waals surface area (Å²) in [6, 6.07) is 1.86. The SMILES string of the molecule is Cc1cc(NC2(CO)CCCCC2)nc(N)n1. The Balaban J connectivity index is 2.17. The van der Waals surface area contributed by atoms with Crippen molar-refractivity contribution in [2.24, 2.45) is 0 Å². The molecule has 0 aliphatic heterocycles. The Hall–Kier alpha value is -1.36. The van der Waals surface area contributed by atoms with Crippen molar-refractivity contribution in [2.45, 2.75) is 44.6 Å². The van der Waals surface area contributed by atoms with Gasteiger partial charge in [-0.1, -0.05) is 19.3 Å². The molecule has 1 heterocycles. The fraction of sp³-hybridized carbons (Fsp3) is 0.667. The summed E-state index contributed by atoms with van der Waals surface area (Å²) < 4.78 is 0. The number of nitrogen functional groups attached to an aromatic ring is 1. The van der Waals surface area contributed by atoms with E-state index >= 15 is 0 Å². The van der Waals surface area contributed by atoms with Crippen molar-refractivity contribution in [2.75, 3.05) is 17.7 Å². The minimum atomic E-state index is -0.231. The predicted octanol–water partition coefficient (Wildman–Crippen LogP) is 1.47. The lowest BCUT2D eigenvalue weighted by Crippen LogP contribution is -2.44. The third-order valence-corrected chi connectivity index (χ3v) is 3.38. The molecule has 0 amide bonds. The van der Waals surface area contributed by atoms with E-state index in [9.17, 15) is 5.11 Å². The van der Waals surface area contributed by atoms with E-state index in [1.165, 1.54) is 6.42 Å². The zero-order valence-electron chi connectivity index (χ0n) is 10.2. The number of nitrogens with two attached hydrogens (primary N) is 1.